The summed E-state index contributed by atoms with van der Waals surface area (Å²) in [5.74, 6) is 0. The molecule has 88 valence electrons. The van der Waals surface area contributed by atoms with Gasteiger partial charge in [0.05, 0.1) is 0 Å². The van der Waals surface area contributed by atoms with Crippen LogP contribution in [0.3, 0.4) is 0 Å². The van der Waals surface area contributed by atoms with Crippen LogP contribution in [-0.4, -0.2) is 4.98 Å². The highest BCUT2D eigenvalue weighted by atomic mass is 14.6. The van der Waals surface area contributed by atoms with E-state index in [2.05, 4.69) is 36.2 Å². The van der Waals surface area contributed by atoms with Crippen molar-refractivity contribution < 1.29 is 0 Å². The van der Waals surface area contributed by atoms with Crippen LogP contribution < -0.4 is 0 Å². The first-order chi connectivity index (χ1) is 8.40. The normalized spacial score (nSPS) is 10.4. The van der Waals surface area contributed by atoms with Crippen molar-refractivity contribution >= 4 is 0 Å². The number of aromatic nitrogens is 1. The maximum atomic E-state index is 4.04. The van der Waals surface area contributed by atoms with E-state index in [1.54, 1.807) is 0 Å². The van der Waals surface area contributed by atoms with Crippen molar-refractivity contribution in [1.29, 1.82) is 0 Å². The number of hydrogen-bond donors (Lipinski definition) is 0. The minimum absolute atomic E-state index is 1.20. The summed E-state index contributed by atoms with van der Waals surface area (Å²) in [6.45, 7) is 2.24. The number of hydrogen-bond acceptors (Lipinski definition) is 1. The number of pyridine rings is 1. The van der Waals surface area contributed by atoms with Crippen molar-refractivity contribution in [3.8, 4) is 11.1 Å². The van der Waals surface area contributed by atoms with Gasteiger partial charge >= 0.3 is 0 Å². The van der Waals surface area contributed by atoms with Crippen LogP contribution in [0.15, 0.2) is 48.8 Å². The number of rotatable bonds is 5. The Morgan fingerprint density at radius 1 is 0.824 bits per heavy atom. The summed E-state index contributed by atoms with van der Waals surface area (Å²) in [7, 11) is 0. The monoisotopic (exact) mass is 225 g/mol. The molecular weight excluding hydrogens is 206 g/mol. The van der Waals surface area contributed by atoms with E-state index in [9.17, 15) is 0 Å². The Kier molecular flexibility index (Phi) is 4.31. The predicted octanol–water partition coefficient (Wildman–Crippen LogP) is 4.48. The smallest absolute Gasteiger partial charge is 0.0273 e. The standard InChI is InChI=1S/C16H19N/c1-2-3-4-5-14-6-8-15(9-7-14)16-10-12-17-13-11-16/h6-13H,2-5H2,1H3. The SMILES string of the molecule is CCCCCc1ccc(-c2ccncc2)cc1. The molecule has 0 fully saturated rings. The Morgan fingerprint density at radius 3 is 2.12 bits per heavy atom. The van der Waals surface area contributed by atoms with Crippen LogP contribution >= 0.6 is 0 Å². The summed E-state index contributed by atoms with van der Waals surface area (Å²) < 4.78 is 0. The summed E-state index contributed by atoms with van der Waals surface area (Å²) in [6.07, 6.45) is 8.78. The minimum Gasteiger partial charge on any atom is -0.265 e. The zero-order chi connectivity index (χ0) is 11.9. The highest BCUT2D eigenvalue weighted by Gasteiger charge is 1.97. The first-order valence-electron chi connectivity index (χ1n) is 6.39. The molecule has 0 N–H and O–H groups in total. The molecule has 0 amide bonds. The first-order valence-corrected chi connectivity index (χ1v) is 6.39. The molecule has 1 aromatic carbocycles. The lowest BCUT2D eigenvalue weighted by Crippen LogP contribution is -1.86. The molecule has 0 aliphatic carbocycles. The van der Waals surface area contributed by atoms with Gasteiger partial charge < -0.3 is 0 Å². The lowest BCUT2D eigenvalue weighted by Gasteiger charge is -2.04. The molecule has 0 atom stereocenters. The molecule has 1 nitrogen and oxygen atoms in total. The van der Waals surface area contributed by atoms with Gasteiger partial charge in [-0.15, -0.1) is 0 Å². The summed E-state index contributed by atoms with van der Waals surface area (Å²) in [5, 5.41) is 0. The molecule has 1 heterocycles. The van der Waals surface area contributed by atoms with Gasteiger partial charge in [-0.05, 0) is 41.7 Å². The molecule has 2 aromatic rings. The van der Waals surface area contributed by atoms with Crippen molar-refractivity contribution in [2.75, 3.05) is 0 Å². The Morgan fingerprint density at radius 2 is 1.47 bits per heavy atom. The van der Waals surface area contributed by atoms with Crippen LogP contribution in [0.4, 0.5) is 0 Å². The molecule has 17 heavy (non-hydrogen) atoms. The lowest BCUT2D eigenvalue weighted by atomic mass is 10.0. The topological polar surface area (TPSA) is 12.9 Å². The first kappa shape index (κ1) is 11.8. The van der Waals surface area contributed by atoms with Crippen molar-refractivity contribution in [2.45, 2.75) is 32.6 Å². The Hall–Kier alpha value is -1.63. The van der Waals surface area contributed by atoms with E-state index in [4.69, 9.17) is 0 Å². The van der Waals surface area contributed by atoms with Crippen LogP contribution in [0.2, 0.25) is 0 Å². The summed E-state index contributed by atoms with van der Waals surface area (Å²) in [4.78, 5) is 4.04. The third-order valence-corrected chi connectivity index (χ3v) is 3.04. The zero-order valence-electron chi connectivity index (χ0n) is 10.4. The van der Waals surface area contributed by atoms with Crippen molar-refractivity contribution in [2.24, 2.45) is 0 Å². The van der Waals surface area contributed by atoms with Crippen molar-refractivity contribution in [3.63, 3.8) is 0 Å². The fourth-order valence-electron chi connectivity index (χ4n) is 1.99. The van der Waals surface area contributed by atoms with Crippen LogP contribution in [0, 0.1) is 0 Å². The van der Waals surface area contributed by atoms with E-state index >= 15 is 0 Å². The molecule has 1 heteroatoms. The second-order valence-corrected chi connectivity index (χ2v) is 4.39. The van der Waals surface area contributed by atoms with Gasteiger partial charge in [-0.2, -0.15) is 0 Å². The van der Waals surface area contributed by atoms with Crippen LogP contribution in [0.25, 0.3) is 11.1 Å². The van der Waals surface area contributed by atoms with Gasteiger partial charge in [-0.25, -0.2) is 0 Å². The van der Waals surface area contributed by atoms with Crippen LogP contribution in [-0.2, 0) is 6.42 Å². The van der Waals surface area contributed by atoms with Gasteiger partial charge in [0, 0.05) is 12.4 Å². The highest BCUT2D eigenvalue weighted by molar-refractivity contribution is 5.62. The van der Waals surface area contributed by atoms with E-state index in [-0.39, 0.29) is 0 Å². The fraction of sp³-hybridized carbons (Fsp3) is 0.312. The average Bonchev–Trinajstić information content (AvgIpc) is 2.41. The molecule has 1 aromatic heterocycles. The minimum atomic E-state index is 1.20. The average molecular weight is 225 g/mol. The molecule has 0 aliphatic heterocycles. The molecular formula is C16H19N. The number of nitrogens with zero attached hydrogens (tertiary/aromatic N) is 1. The fourth-order valence-corrected chi connectivity index (χ4v) is 1.99. The number of aryl methyl sites for hydroxylation is 1. The zero-order valence-corrected chi connectivity index (χ0v) is 10.4. The predicted molar refractivity (Wildman–Crippen MR) is 72.9 cm³/mol. The maximum Gasteiger partial charge on any atom is 0.0273 e. The summed E-state index contributed by atoms with van der Waals surface area (Å²) in [5.41, 5.74) is 3.95. The van der Waals surface area contributed by atoms with Gasteiger partial charge in [0.1, 0.15) is 0 Å². The van der Waals surface area contributed by atoms with E-state index in [0.717, 1.165) is 0 Å². The second-order valence-electron chi connectivity index (χ2n) is 4.39. The number of unbranched alkanes of at least 4 members (excludes halogenated alkanes) is 2. The van der Waals surface area contributed by atoms with E-state index in [0.29, 0.717) is 0 Å². The Labute approximate surface area is 104 Å². The molecule has 2 rings (SSSR count). The van der Waals surface area contributed by atoms with E-state index in [1.165, 1.54) is 42.4 Å². The molecule has 0 saturated heterocycles. The van der Waals surface area contributed by atoms with Gasteiger partial charge in [-0.3, -0.25) is 4.98 Å². The molecule has 0 bridgehead atoms. The van der Waals surface area contributed by atoms with Crippen molar-refractivity contribution in [1.82, 2.24) is 4.98 Å². The molecule has 0 spiro atoms. The van der Waals surface area contributed by atoms with Gasteiger partial charge in [0.15, 0.2) is 0 Å². The molecule has 0 unspecified atom stereocenters. The van der Waals surface area contributed by atoms with Crippen LogP contribution in [0.1, 0.15) is 31.7 Å². The quantitative estimate of drug-likeness (QED) is 0.684. The Bertz CT molecular complexity index is 431. The van der Waals surface area contributed by atoms with Gasteiger partial charge in [0.2, 0.25) is 0 Å². The third-order valence-electron chi connectivity index (χ3n) is 3.04. The second kappa shape index (κ2) is 6.19. The Balaban J connectivity index is 2.03. The lowest BCUT2D eigenvalue weighted by molar-refractivity contribution is 0.717. The van der Waals surface area contributed by atoms with E-state index < -0.39 is 0 Å². The van der Waals surface area contributed by atoms with Gasteiger partial charge in [0.25, 0.3) is 0 Å². The van der Waals surface area contributed by atoms with Gasteiger partial charge in [-0.1, -0.05) is 44.0 Å². The van der Waals surface area contributed by atoms with Crippen molar-refractivity contribution in [3.05, 3.63) is 54.4 Å². The van der Waals surface area contributed by atoms with Crippen LogP contribution in [0.5, 0.6) is 0 Å². The highest BCUT2D eigenvalue weighted by Crippen LogP contribution is 2.19. The number of benzene rings is 1. The maximum absolute atomic E-state index is 4.04. The summed E-state index contributed by atoms with van der Waals surface area (Å²) >= 11 is 0. The third kappa shape index (κ3) is 3.42. The molecule has 0 aliphatic rings. The molecule has 0 saturated carbocycles. The largest absolute Gasteiger partial charge is 0.265 e. The van der Waals surface area contributed by atoms with E-state index in [1.807, 2.05) is 24.5 Å². The summed E-state index contributed by atoms with van der Waals surface area (Å²) in [6, 6.07) is 13.0. The molecule has 0 radical (unpaired) electrons.